The van der Waals surface area contributed by atoms with E-state index in [1.165, 1.54) is 7.11 Å². The van der Waals surface area contributed by atoms with Crippen molar-refractivity contribution in [3.63, 3.8) is 0 Å². The summed E-state index contributed by atoms with van der Waals surface area (Å²) in [5, 5.41) is 2.89. The second-order valence-electron chi connectivity index (χ2n) is 8.46. The minimum Gasteiger partial charge on any atom is -0.496 e. The van der Waals surface area contributed by atoms with Gasteiger partial charge in [-0.15, -0.1) is 0 Å². The number of likely N-dealkylation sites (tertiary alicyclic amines) is 1. The average molecular weight is 432 g/mol. The summed E-state index contributed by atoms with van der Waals surface area (Å²) in [6.07, 6.45) is 1.55. The molecule has 8 nitrogen and oxygen atoms in total. The number of carbonyl (C=O) groups excluding carboxylic acids is 3. The molecule has 3 amide bonds. The second kappa shape index (κ2) is 10.6. The fourth-order valence-corrected chi connectivity index (χ4v) is 4.18. The van der Waals surface area contributed by atoms with Crippen LogP contribution in [0.15, 0.2) is 24.3 Å². The van der Waals surface area contributed by atoms with Crippen molar-refractivity contribution in [3.8, 4) is 5.75 Å². The van der Waals surface area contributed by atoms with Gasteiger partial charge in [0.05, 0.1) is 31.8 Å². The molecule has 3 rings (SSSR count). The van der Waals surface area contributed by atoms with Crippen LogP contribution in [0.25, 0.3) is 0 Å². The van der Waals surface area contributed by atoms with Crippen LogP contribution >= 0.6 is 0 Å². The molecule has 2 heterocycles. The zero-order chi connectivity index (χ0) is 22.4. The summed E-state index contributed by atoms with van der Waals surface area (Å²) in [5.41, 5.74) is 0.391. The Bertz CT molecular complexity index is 791. The minimum atomic E-state index is -0.672. The van der Waals surface area contributed by atoms with Gasteiger partial charge < -0.3 is 24.6 Å². The molecule has 2 aliphatic rings. The van der Waals surface area contributed by atoms with E-state index in [1.807, 2.05) is 18.7 Å². The summed E-state index contributed by atoms with van der Waals surface area (Å²) in [6.45, 7) is 7.13. The molecule has 8 heteroatoms. The van der Waals surface area contributed by atoms with Gasteiger partial charge in [-0.25, -0.2) is 0 Å². The summed E-state index contributed by atoms with van der Waals surface area (Å²) in [4.78, 5) is 42.7. The van der Waals surface area contributed by atoms with E-state index in [4.69, 9.17) is 9.47 Å². The lowest BCUT2D eigenvalue weighted by Gasteiger charge is -2.38. The van der Waals surface area contributed by atoms with Crippen LogP contribution in [0.2, 0.25) is 0 Å². The Hall–Kier alpha value is -2.61. The summed E-state index contributed by atoms with van der Waals surface area (Å²) < 4.78 is 10.6. The standard InChI is InChI=1S/C23H33N3O5/c1-16(2)20(24-21(27)18-8-4-5-9-19(18)30-3)23(29)26-10-6-7-17(15-26)22(28)25-11-13-31-14-12-25/h4-5,8-9,16-17,20H,6-7,10-15H2,1-3H3,(H,24,27). The molecule has 1 aromatic rings. The number of morpholine rings is 1. The van der Waals surface area contributed by atoms with Crippen LogP contribution in [0.1, 0.15) is 37.0 Å². The molecule has 0 aliphatic carbocycles. The first-order chi connectivity index (χ1) is 14.9. The SMILES string of the molecule is COc1ccccc1C(=O)NC(C(=O)N1CCCC(C(=O)N2CCOCC2)C1)C(C)C. The first-order valence-electron chi connectivity index (χ1n) is 11.0. The van der Waals surface area contributed by atoms with Crippen LogP contribution in [0.3, 0.4) is 0 Å². The van der Waals surface area contributed by atoms with Crippen molar-refractivity contribution in [2.24, 2.45) is 11.8 Å². The molecule has 2 fully saturated rings. The van der Waals surface area contributed by atoms with E-state index in [1.54, 1.807) is 29.2 Å². The van der Waals surface area contributed by atoms with Crippen LogP contribution < -0.4 is 10.1 Å². The molecule has 31 heavy (non-hydrogen) atoms. The summed E-state index contributed by atoms with van der Waals surface area (Å²) in [6, 6.07) is 6.27. The van der Waals surface area contributed by atoms with E-state index in [0.29, 0.717) is 50.7 Å². The molecular formula is C23H33N3O5. The number of piperidine rings is 1. The molecule has 0 aromatic heterocycles. The number of rotatable bonds is 6. The number of benzene rings is 1. The molecular weight excluding hydrogens is 398 g/mol. The lowest BCUT2D eigenvalue weighted by atomic mass is 9.94. The van der Waals surface area contributed by atoms with Crippen molar-refractivity contribution in [2.45, 2.75) is 32.7 Å². The predicted octanol–water partition coefficient (Wildman–Crippen LogP) is 1.55. The maximum atomic E-state index is 13.3. The molecule has 1 N–H and O–H groups in total. The molecule has 0 saturated carbocycles. The van der Waals surface area contributed by atoms with E-state index in [2.05, 4.69) is 5.32 Å². The highest BCUT2D eigenvalue weighted by Crippen LogP contribution is 2.22. The van der Waals surface area contributed by atoms with Crippen molar-refractivity contribution in [1.82, 2.24) is 15.1 Å². The highest BCUT2D eigenvalue weighted by Gasteiger charge is 2.35. The first-order valence-corrected chi connectivity index (χ1v) is 11.0. The van der Waals surface area contributed by atoms with Gasteiger partial charge in [-0.3, -0.25) is 14.4 Å². The third kappa shape index (κ3) is 5.55. The van der Waals surface area contributed by atoms with Crippen LogP contribution in [0.5, 0.6) is 5.75 Å². The number of para-hydroxylation sites is 1. The van der Waals surface area contributed by atoms with Crippen molar-refractivity contribution in [3.05, 3.63) is 29.8 Å². The Labute approximate surface area is 183 Å². The van der Waals surface area contributed by atoms with Gasteiger partial charge in [0.15, 0.2) is 0 Å². The Kier molecular flexibility index (Phi) is 7.90. The molecule has 2 atom stereocenters. The van der Waals surface area contributed by atoms with E-state index < -0.39 is 6.04 Å². The fraction of sp³-hybridized carbons (Fsp3) is 0.609. The summed E-state index contributed by atoms with van der Waals surface area (Å²) in [5.74, 6) is -0.223. The van der Waals surface area contributed by atoms with Gasteiger partial charge in [-0.1, -0.05) is 26.0 Å². The Morgan fingerprint density at radius 1 is 1.10 bits per heavy atom. The second-order valence-corrected chi connectivity index (χ2v) is 8.46. The van der Waals surface area contributed by atoms with Gasteiger partial charge in [0.2, 0.25) is 11.8 Å². The third-order valence-electron chi connectivity index (χ3n) is 5.98. The summed E-state index contributed by atoms with van der Waals surface area (Å²) in [7, 11) is 1.51. The molecule has 1 aromatic carbocycles. The van der Waals surface area contributed by atoms with Crippen molar-refractivity contribution < 1.29 is 23.9 Å². The maximum absolute atomic E-state index is 13.3. The van der Waals surface area contributed by atoms with Crippen LogP contribution in [0, 0.1) is 11.8 Å². The molecule has 0 spiro atoms. The lowest BCUT2D eigenvalue weighted by Crippen LogP contribution is -2.55. The normalized spacial score (nSPS) is 20.3. The highest BCUT2D eigenvalue weighted by molar-refractivity contribution is 5.99. The molecule has 170 valence electrons. The monoisotopic (exact) mass is 431 g/mol. The third-order valence-corrected chi connectivity index (χ3v) is 5.98. The number of amides is 3. The fourth-order valence-electron chi connectivity index (χ4n) is 4.18. The van der Waals surface area contributed by atoms with Crippen molar-refractivity contribution in [1.29, 1.82) is 0 Å². The molecule has 2 aliphatic heterocycles. The van der Waals surface area contributed by atoms with Crippen LogP contribution in [0.4, 0.5) is 0 Å². The number of nitrogens with zero attached hydrogens (tertiary/aromatic N) is 2. The smallest absolute Gasteiger partial charge is 0.255 e. The zero-order valence-corrected chi connectivity index (χ0v) is 18.6. The van der Waals surface area contributed by atoms with Gasteiger partial charge in [-0.2, -0.15) is 0 Å². The average Bonchev–Trinajstić information content (AvgIpc) is 2.81. The van der Waals surface area contributed by atoms with Gasteiger partial charge in [0, 0.05) is 26.2 Å². The van der Waals surface area contributed by atoms with E-state index in [9.17, 15) is 14.4 Å². The lowest BCUT2D eigenvalue weighted by molar-refractivity contribution is -0.144. The molecule has 2 saturated heterocycles. The number of ether oxygens (including phenoxy) is 2. The number of methoxy groups -OCH3 is 1. The molecule has 2 unspecified atom stereocenters. The number of carbonyl (C=O) groups is 3. The van der Waals surface area contributed by atoms with Crippen LogP contribution in [-0.2, 0) is 14.3 Å². The van der Waals surface area contributed by atoms with E-state index in [-0.39, 0.29) is 29.6 Å². The predicted molar refractivity (Wildman–Crippen MR) is 116 cm³/mol. The topological polar surface area (TPSA) is 88.2 Å². The van der Waals surface area contributed by atoms with Crippen molar-refractivity contribution >= 4 is 17.7 Å². The first kappa shape index (κ1) is 23.1. The largest absolute Gasteiger partial charge is 0.496 e. The Morgan fingerprint density at radius 2 is 1.81 bits per heavy atom. The van der Waals surface area contributed by atoms with E-state index >= 15 is 0 Å². The quantitative estimate of drug-likeness (QED) is 0.738. The van der Waals surface area contributed by atoms with Crippen LogP contribution in [-0.4, -0.2) is 80.1 Å². The molecule has 0 radical (unpaired) electrons. The molecule has 0 bridgehead atoms. The van der Waals surface area contributed by atoms with Gasteiger partial charge in [0.1, 0.15) is 11.8 Å². The number of hydrogen-bond donors (Lipinski definition) is 1. The number of nitrogens with one attached hydrogen (secondary N) is 1. The minimum absolute atomic E-state index is 0.0959. The van der Waals surface area contributed by atoms with E-state index in [0.717, 1.165) is 12.8 Å². The van der Waals surface area contributed by atoms with Gasteiger partial charge in [0.25, 0.3) is 5.91 Å². The van der Waals surface area contributed by atoms with Gasteiger partial charge in [-0.05, 0) is 30.9 Å². The summed E-state index contributed by atoms with van der Waals surface area (Å²) >= 11 is 0. The highest BCUT2D eigenvalue weighted by atomic mass is 16.5. The zero-order valence-electron chi connectivity index (χ0n) is 18.6. The van der Waals surface area contributed by atoms with Gasteiger partial charge >= 0.3 is 0 Å². The van der Waals surface area contributed by atoms with Crippen molar-refractivity contribution in [2.75, 3.05) is 46.5 Å². The Balaban J connectivity index is 1.67. The Morgan fingerprint density at radius 3 is 2.48 bits per heavy atom. The maximum Gasteiger partial charge on any atom is 0.255 e. The number of hydrogen-bond acceptors (Lipinski definition) is 5.